The number of fused-ring (bicyclic) bond motifs is 1. The molecule has 1 aromatic heterocycles. The number of aromatic nitrogens is 1. The Bertz CT molecular complexity index is 1300. The number of rotatable bonds is 11. The fourth-order valence-electron chi connectivity index (χ4n) is 4.33. The molecule has 4 aromatic rings. The number of alkyl halides is 3. The van der Waals surface area contributed by atoms with E-state index in [-0.39, 0.29) is 5.82 Å². The standard InChI is InChI=1S/C31H31F4NO/c1-2-3-4-19-37-28-17-16-27(36-21-28)15-8-23-9-18-29-25(20-23)12-11-24(30(29)32)10-5-22-6-13-26(14-7-22)31(33,34)35/h6-7,9,11-14,16-18,20-21H,2-5,8,10,15,19H2,1H3. The van der Waals surface area contributed by atoms with Gasteiger partial charge >= 0.3 is 6.18 Å². The Morgan fingerprint density at radius 2 is 1.54 bits per heavy atom. The summed E-state index contributed by atoms with van der Waals surface area (Å²) in [5.74, 6) is 0.516. The van der Waals surface area contributed by atoms with Crippen LogP contribution in [0.4, 0.5) is 17.6 Å². The Labute approximate surface area is 215 Å². The summed E-state index contributed by atoms with van der Waals surface area (Å²) in [4.78, 5) is 4.50. The largest absolute Gasteiger partial charge is 0.492 e. The van der Waals surface area contributed by atoms with Crippen molar-refractivity contribution in [1.29, 1.82) is 0 Å². The summed E-state index contributed by atoms with van der Waals surface area (Å²) >= 11 is 0. The number of aryl methyl sites for hydroxylation is 4. The van der Waals surface area contributed by atoms with Crippen molar-refractivity contribution in [2.75, 3.05) is 6.61 Å². The summed E-state index contributed by atoms with van der Waals surface area (Å²) < 4.78 is 59.1. The number of nitrogens with zero attached hydrogens (tertiary/aromatic N) is 1. The molecule has 1 heterocycles. The van der Waals surface area contributed by atoms with Crippen LogP contribution in [0.2, 0.25) is 0 Å². The first-order valence-corrected chi connectivity index (χ1v) is 12.8. The SMILES string of the molecule is CCCCCOc1ccc(CCc2ccc3c(F)c(CCc4ccc(C(F)(F)F)cc4)ccc3c2)nc1. The Morgan fingerprint density at radius 1 is 0.784 bits per heavy atom. The summed E-state index contributed by atoms with van der Waals surface area (Å²) in [6.45, 7) is 2.87. The summed E-state index contributed by atoms with van der Waals surface area (Å²) in [5, 5.41) is 1.38. The molecule has 6 heteroatoms. The van der Waals surface area contributed by atoms with Crippen LogP contribution in [0.1, 0.15) is 54.1 Å². The normalized spacial score (nSPS) is 11.7. The highest BCUT2D eigenvalue weighted by Gasteiger charge is 2.29. The predicted molar refractivity (Wildman–Crippen MR) is 139 cm³/mol. The van der Waals surface area contributed by atoms with E-state index in [2.05, 4.69) is 11.9 Å². The van der Waals surface area contributed by atoms with Crippen molar-refractivity contribution in [2.45, 2.75) is 58.0 Å². The quantitative estimate of drug-likeness (QED) is 0.149. The van der Waals surface area contributed by atoms with Crippen molar-refractivity contribution >= 4 is 10.8 Å². The van der Waals surface area contributed by atoms with Gasteiger partial charge in [-0.15, -0.1) is 0 Å². The lowest BCUT2D eigenvalue weighted by atomic mass is 9.97. The third kappa shape index (κ3) is 7.31. The van der Waals surface area contributed by atoms with Crippen LogP contribution in [0.3, 0.4) is 0 Å². The number of benzene rings is 3. The summed E-state index contributed by atoms with van der Waals surface area (Å²) in [5.41, 5.74) is 2.70. The molecule has 4 rings (SSSR count). The van der Waals surface area contributed by atoms with Gasteiger partial charge in [-0.1, -0.05) is 62.2 Å². The van der Waals surface area contributed by atoms with Gasteiger partial charge < -0.3 is 4.74 Å². The lowest BCUT2D eigenvalue weighted by Gasteiger charge is -2.10. The van der Waals surface area contributed by atoms with E-state index in [4.69, 9.17) is 4.74 Å². The van der Waals surface area contributed by atoms with Gasteiger partial charge in [-0.05, 0) is 78.4 Å². The molecule has 0 aliphatic rings. The first-order valence-electron chi connectivity index (χ1n) is 12.8. The Hall–Kier alpha value is -3.41. The first kappa shape index (κ1) is 26.6. The van der Waals surface area contributed by atoms with Gasteiger partial charge in [-0.2, -0.15) is 13.2 Å². The van der Waals surface area contributed by atoms with E-state index in [9.17, 15) is 13.2 Å². The average molecular weight is 510 g/mol. The fourth-order valence-corrected chi connectivity index (χ4v) is 4.33. The summed E-state index contributed by atoms with van der Waals surface area (Å²) in [6.07, 6.45) is 3.22. The highest BCUT2D eigenvalue weighted by atomic mass is 19.4. The maximum Gasteiger partial charge on any atom is 0.416 e. The first-order chi connectivity index (χ1) is 17.8. The van der Waals surface area contributed by atoms with Crippen LogP contribution < -0.4 is 4.74 Å². The molecule has 0 aliphatic heterocycles. The summed E-state index contributed by atoms with van der Waals surface area (Å²) in [7, 11) is 0. The van der Waals surface area contributed by atoms with E-state index in [1.165, 1.54) is 12.1 Å². The van der Waals surface area contributed by atoms with E-state index in [0.717, 1.165) is 72.2 Å². The van der Waals surface area contributed by atoms with Crippen molar-refractivity contribution in [2.24, 2.45) is 0 Å². The van der Waals surface area contributed by atoms with Gasteiger partial charge in [-0.25, -0.2) is 4.39 Å². The highest BCUT2D eigenvalue weighted by Crippen LogP contribution is 2.29. The second-order valence-corrected chi connectivity index (χ2v) is 9.33. The fraction of sp³-hybridized carbons (Fsp3) is 0.323. The number of hydrogen-bond acceptors (Lipinski definition) is 2. The molecule has 0 bridgehead atoms. The lowest BCUT2D eigenvalue weighted by Crippen LogP contribution is -2.04. The minimum Gasteiger partial charge on any atom is -0.492 e. The molecular formula is C31H31F4NO. The van der Waals surface area contributed by atoms with Crippen molar-refractivity contribution in [3.63, 3.8) is 0 Å². The molecule has 0 spiro atoms. The van der Waals surface area contributed by atoms with Crippen LogP contribution in [0.15, 0.2) is 72.9 Å². The predicted octanol–water partition coefficient (Wildman–Crippen LogP) is 8.53. The Morgan fingerprint density at radius 3 is 2.24 bits per heavy atom. The molecule has 2 nitrogen and oxygen atoms in total. The van der Waals surface area contributed by atoms with Crippen LogP contribution in [-0.2, 0) is 31.9 Å². The third-order valence-electron chi connectivity index (χ3n) is 6.55. The van der Waals surface area contributed by atoms with Crippen LogP contribution in [0.5, 0.6) is 5.75 Å². The van der Waals surface area contributed by atoms with Crippen LogP contribution in [-0.4, -0.2) is 11.6 Å². The van der Waals surface area contributed by atoms with E-state index in [1.54, 1.807) is 12.3 Å². The number of ether oxygens (including phenoxy) is 1. The molecule has 0 atom stereocenters. The van der Waals surface area contributed by atoms with Gasteiger partial charge in [0.15, 0.2) is 0 Å². The molecule has 0 saturated heterocycles. The molecule has 0 amide bonds. The van der Waals surface area contributed by atoms with Gasteiger partial charge in [0.25, 0.3) is 0 Å². The van der Waals surface area contributed by atoms with Gasteiger partial charge in [-0.3, -0.25) is 4.98 Å². The number of halogens is 4. The van der Waals surface area contributed by atoms with Crippen LogP contribution >= 0.6 is 0 Å². The minimum absolute atomic E-state index is 0.271. The zero-order valence-electron chi connectivity index (χ0n) is 21.0. The van der Waals surface area contributed by atoms with Crippen molar-refractivity contribution in [1.82, 2.24) is 4.98 Å². The number of unbranched alkanes of at least 4 members (excludes halogenated alkanes) is 2. The molecule has 0 unspecified atom stereocenters. The zero-order chi connectivity index (χ0) is 26.3. The Kier molecular flexibility index (Phi) is 8.80. The molecule has 37 heavy (non-hydrogen) atoms. The molecular weight excluding hydrogens is 478 g/mol. The minimum atomic E-state index is -4.36. The van der Waals surface area contributed by atoms with Gasteiger partial charge in [0.1, 0.15) is 11.6 Å². The lowest BCUT2D eigenvalue weighted by molar-refractivity contribution is -0.137. The van der Waals surface area contributed by atoms with Gasteiger partial charge in [0.2, 0.25) is 0 Å². The molecule has 0 fully saturated rings. The van der Waals surface area contributed by atoms with E-state index < -0.39 is 11.7 Å². The summed E-state index contributed by atoms with van der Waals surface area (Å²) in [6, 6.07) is 18.4. The van der Waals surface area contributed by atoms with Crippen LogP contribution in [0.25, 0.3) is 10.8 Å². The second kappa shape index (κ2) is 12.2. The second-order valence-electron chi connectivity index (χ2n) is 9.33. The number of pyridine rings is 1. The number of hydrogen-bond donors (Lipinski definition) is 0. The van der Waals surface area contributed by atoms with Gasteiger partial charge in [0.05, 0.1) is 18.4 Å². The zero-order valence-corrected chi connectivity index (χ0v) is 21.0. The average Bonchev–Trinajstić information content (AvgIpc) is 2.90. The maximum absolute atomic E-state index is 15.2. The molecule has 0 aliphatic carbocycles. The molecule has 0 N–H and O–H groups in total. The van der Waals surface area contributed by atoms with E-state index in [0.29, 0.717) is 30.4 Å². The van der Waals surface area contributed by atoms with E-state index in [1.807, 2.05) is 36.4 Å². The van der Waals surface area contributed by atoms with Crippen molar-refractivity contribution in [3.8, 4) is 5.75 Å². The van der Waals surface area contributed by atoms with Gasteiger partial charge in [0, 0.05) is 11.1 Å². The monoisotopic (exact) mass is 509 g/mol. The maximum atomic E-state index is 15.2. The van der Waals surface area contributed by atoms with Crippen LogP contribution in [0, 0.1) is 5.82 Å². The molecule has 3 aromatic carbocycles. The molecule has 194 valence electrons. The topological polar surface area (TPSA) is 22.1 Å². The smallest absolute Gasteiger partial charge is 0.416 e. The Balaban J connectivity index is 1.34. The van der Waals surface area contributed by atoms with Crippen molar-refractivity contribution in [3.05, 3.63) is 107 Å². The molecule has 0 saturated carbocycles. The van der Waals surface area contributed by atoms with Crippen molar-refractivity contribution < 1.29 is 22.3 Å². The third-order valence-corrected chi connectivity index (χ3v) is 6.55. The molecule has 0 radical (unpaired) electrons. The van der Waals surface area contributed by atoms with E-state index >= 15 is 4.39 Å². The highest BCUT2D eigenvalue weighted by molar-refractivity contribution is 5.84.